The molecule has 0 saturated carbocycles. The van der Waals surface area contributed by atoms with Crippen LogP contribution in [-0.4, -0.2) is 34.6 Å². The summed E-state index contributed by atoms with van der Waals surface area (Å²) in [6.07, 6.45) is 0.602. The third kappa shape index (κ3) is 6.41. The van der Waals surface area contributed by atoms with Gasteiger partial charge < -0.3 is 9.84 Å². The van der Waals surface area contributed by atoms with E-state index in [4.69, 9.17) is 14.3 Å². The van der Waals surface area contributed by atoms with Crippen LogP contribution in [0.5, 0.6) is 5.75 Å². The highest BCUT2D eigenvalue weighted by molar-refractivity contribution is 5.75. The van der Waals surface area contributed by atoms with E-state index in [1.165, 1.54) is 12.1 Å². The van der Waals surface area contributed by atoms with E-state index in [0.29, 0.717) is 24.1 Å². The van der Waals surface area contributed by atoms with Crippen molar-refractivity contribution in [1.29, 1.82) is 0 Å². The van der Waals surface area contributed by atoms with Crippen LogP contribution in [-0.2, 0) is 11.4 Å². The summed E-state index contributed by atoms with van der Waals surface area (Å²) in [6.45, 7) is 1.94. The second kappa shape index (κ2) is 11.3. The fourth-order valence-electron chi connectivity index (χ4n) is 3.79. The van der Waals surface area contributed by atoms with Gasteiger partial charge in [0.2, 0.25) is 0 Å². The lowest BCUT2D eigenvalue weighted by molar-refractivity contribution is -0.137. The van der Waals surface area contributed by atoms with E-state index in [0.717, 1.165) is 5.56 Å². The average Bonchev–Trinajstić information content (AvgIpc) is 2.80. The third-order valence-electron chi connectivity index (χ3n) is 5.24. The molecule has 0 aromatic heterocycles. The number of ether oxygens (including phenoxy) is 1. The predicted octanol–water partition coefficient (Wildman–Crippen LogP) is 5.38. The van der Waals surface area contributed by atoms with Crippen LogP contribution in [0.1, 0.15) is 80.0 Å². The highest BCUT2D eigenvalue weighted by atomic mass is 16.5. The molecule has 2 aromatic carbocycles. The Labute approximate surface area is 191 Å². The number of carbonyl (C=O) groups is 1. The second-order valence-corrected chi connectivity index (χ2v) is 7.97. The molecule has 1 unspecified atom stereocenters. The number of hydrogen-bond donors (Lipinski definition) is 1. The van der Waals surface area contributed by atoms with Gasteiger partial charge in [-0.15, -0.1) is 0 Å². The first-order valence-electron chi connectivity index (χ1n) is 13.8. The number of rotatable bonds is 10. The summed E-state index contributed by atoms with van der Waals surface area (Å²) in [4.78, 5) is 15.4. The van der Waals surface area contributed by atoms with Gasteiger partial charge in [0, 0.05) is 33.2 Å². The predicted molar refractivity (Wildman–Crippen MR) is 123 cm³/mol. The topological polar surface area (TPSA) is 49.8 Å². The molecule has 0 aliphatic rings. The standard InChI is InChI=1S/C26H37NO3/c1-18(2)26(29)30-25-13-12-21(17-28)16-24(25)23(22-10-8-7-9-11-22)14-15-27(19(3)4)20(5)6/h7-13,16,18-20,23,28H,14-15,17H2,1-6H3/i1D3,2D3,18D. The van der Waals surface area contributed by atoms with Gasteiger partial charge in [0.15, 0.2) is 0 Å². The van der Waals surface area contributed by atoms with Crippen LogP contribution < -0.4 is 4.74 Å². The SMILES string of the molecule is [2H]C([2H])([2H])C([2H])(C(=O)Oc1ccc(CO)cc1C(CCN(C(C)C)C(C)C)c1ccccc1)C([2H])([2H])[2H]. The van der Waals surface area contributed by atoms with Gasteiger partial charge in [0.05, 0.1) is 12.5 Å². The second-order valence-electron chi connectivity index (χ2n) is 7.97. The quantitative estimate of drug-likeness (QED) is 0.416. The molecule has 4 heteroatoms. The van der Waals surface area contributed by atoms with Gasteiger partial charge in [0.1, 0.15) is 5.75 Å². The molecular formula is C26H37NO3. The zero-order valence-corrected chi connectivity index (χ0v) is 18.2. The molecular weight excluding hydrogens is 374 g/mol. The molecule has 0 saturated heterocycles. The number of nitrogens with zero attached hydrogens (tertiary/aromatic N) is 1. The highest BCUT2D eigenvalue weighted by Gasteiger charge is 2.23. The third-order valence-corrected chi connectivity index (χ3v) is 5.24. The summed E-state index contributed by atoms with van der Waals surface area (Å²) in [5.74, 6) is -5.51. The van der Waals surface area contributed by atoms with E-state index in [1.807, 2.05) is 30.3 Å². The van der Waals surface area contributed by atoms with Crippen LogP contribution >= 0.6 is 0 Å². The molecule has 0 aliphatic heterocycles. The molecule has 0 aliphatic carbocycles. The minimum absolute atomic E-state index is 0.0400. The number of hydrogen-bond acceptors (Lipinski definition) is 4. The first kappa shape index (κ1) is 15.6. The molecule has 4 nitrogen and oxygen atoms in total. The molecule has 2 aromatic rings. The van der Waals surface area contributed by atoms with E-state index in [1.54, 1.807) is 6.07 Å². The number of esters is 1. The van der Waals surface area contributed by atoms with E-state index in [-0.39, 0.29) is 30.4 Å². The molecule has 164 valence electrons. The highest BCUT2D eigenvalue weighted by Crippen LogP contribution is 2.36. The van der Waals surface area contributed by atoms with Gasteiger partial charge in [-0.2, -0.15) is 0 Å². The first-order valence-corrected chi connectivity index (χ1v) is 10.3. The smallest absolute Gasteiger partial charge is 0.313 e. The number of aliphatic hydroxyl groups is 1. The largest absolute Gasteiger partial charge is 0.426 e. The van der Waals surface area contributed by atoms with Crippen LogP contribution in [0.3, 0.4) is 0 Å². The molecule has 0 fully saturated rings. The van der Waals surface area contributed by atoms with Crippen molar-refractivity contribution in [2.45, 2.75) is 72.4 Å². The van der Waals surface area contributed by atoms with Gasteiger partial charge in [-0.3, -0.25) is 9.69 Å². The van der Waals surface area contributed by atoms with Crippen molar-refractivity contribution in [2.24, 2.45) is 5.89 Å². The zero-order chi connectivity index (χ0) is 28.2. The Balaban J connectivity index is 2.61. The van der Waals surface area contributed by atoms with E-state index >= 15 is 0 Å². The van der Waals surface area contributed by atoms with Crippen LogP contribution in [0.15, 0.2) is 48.5 Å². The van der Waals surface area contributed by atoms with Crippen molar-refractivity contribution in [1.82, 2.24) is 4.90 Å². The Morgan fingerprint density at radius 2 is 1.77 bits per heavy atom. The monoisotopic (exact) mass is 418 g/mol. The molecule has 2 rings (SSSR count). The summed E-state index contributed by atoms with van der Waals surface area (Å²) in [5.41, 5.74) is 1.95. The molecule has 0 heterocycles. The van der Waals surface area contributed by atoms with Gasteiger partial charge >= 0.3 is 5.97 Å². The Morgan fingerprint density at radius 1 is 1.10 bits per heavy atom. The maximum atomic E-state index is 13.1. The van der Waals surface area contributed by atoms with Crippen molar-refractivity contribution in [3.8, 4) is 5.75 Å². The first-order chi connectivity index (χ1) is 17.0. The maximum absolute atomic E-state index is 13.1. The molecule has 30 heavy (non-hydrogen) atoms. The molecule has 0 amide bonds. The summed E-state index contributed by atoms with van der Waals surface area (Å²) in [7, 11) is 0. The van der Waals surface area contributed by atoms with E-state index in [9.17, 15) is 9.90 Å². The van der Waals surface area contributed by atoms with Crippen LogP contribution in [0.2, 0.25) is 0 Å². The Kier molecular flexibility index (Phi) is 5.87. The molecule has 1 N–H and O–H groups in total. The summed E-state index contributed by atoms with van der Waals surface area (Å²) in [6, 6.07) is 14.6. The minimum Gasteiger partial charge on any atom is -0.426 e. The Bertz CT molecular complexity index is 1010. The minimum atomic E-state index is -3.47. The van der Waals surface area contributed by atoms with Gasteiger partial charge in [-0.05, 0) is 63.9 Å². The van der Waals surface area contributed by atoms with Crippen LogP contribution in [0, 0.1) is 5.89 Å². The van der Waals surface area contributed by atoms with Gasteiger partial charge in [0.25, 0.3) is 0 Å². The summed E-state index contributed by atoms with van der Waals surface area (Å²) >= 11 is 0. The molecule has 0 radical (unpaired) electrons. The van der Waals surface area contributed by atoms with E-state index in [2.05, 4.69) is 32.6 Å². The van der Waals surface area contributed by atoms with Gasteiger partial charge in [-0.25, -0.2) is 0 Å². The number of benzene rings is 2. The fourth-order valence-corrected chi connectivity index (χ4v) is 3.79. The fraction of sp³-hybridized carbons (Fsp3) is 0.500. The van der Waals surface area contributed by atoms with E-state index < -0.39 is 25.6 Å². The average molecular weight is 419 g/mol. The molecule has 1 atom stereocenters. The van der Waals surface area contributed by atoms with Gasteiger partial charge in [-0.1, -0.05) is 50.1 Å². The van der Waals surface area contributed by atoms with Crippen molar-refractivity contribution in [3.05, 3.63) is 65.2 Å². The van der Waals surface area contributed by atoms with Crippen molar-refractivity contribution in [2.75, 3.05) is 6.54 Å². The lowest BCUT2D eigenvalue weighted by Gasteiger charge is -2.32. The lowest BCUT2D eigenvalue weighted by atomic mass is 9.86. The Hall–Kier alpha value is -2.17. The molecule has 0 spiro atoms. The van der Waals surface area contributed by atoms with Crippen molar-refractivity contribution < 1.29 is 24.2 Å². The van der Waals surface area contributed by atoms with Crippen LogP contribution in [0.25, 0.3) is 0 Å². The van der Waals surface area contributed by atoms with Crippen molar-refractivity contribution in [3.63, 3.8) is 0 Å². The summed E-state index contributed by atoms with van der Waals surface area (Å²) in [5, 5.41) is 9.80. The van der Waals surface area contributed by atoms with Crippen LogP contribution in [0.4, 0.5) is 0 Å². The number of aliphatic hydroxyl groups excluding tert-OH is 1. The lowest BCUT2D eigenvalue weighted by Crippen LogP contribution is -2.38. The molecule has 0 bridgehead atoms. The van der Waals surface area contributed by atoms with Crippen molar-refractivity contribution >= 4 is 5.97 Å². The maximum Gasteiger partial charge on any atom is 0.313 e. The normalized spacial score (nSPS) is 17.4. The Morgan fingerprint density at radius 3 is 2.33 bits per heavy atom. The summed E-state index contributed by atoms with van der Waals surface area (Å²) < 4.78 is 59.3. The zero-order valence-electron chi connectivity index (χ0n) is 25.2. The number of carbonyl (C=O) groups excluding carboxylic acids is 1.